The van der Waals surface area contributed by atoms with Gasteiger partial charge in [-0.1, -0.05) is 50.2 Å². The Kier molecular flexibility index (Phi) is 7.20. The van der Waals surface area contributed by atoms with Gasteiger partial charge in [0.15, 0.2) is 0 Å². The number of nitrogens with two attached hydrogens (primary N) is 1. The molecule has 0 aliphatic carbocycles. The summed E-state index contributed by atoms with van der Waals surface area (Å²) in [5.41, 5.74) is 13.9. The molecule has 1 aliphatic heterocycles. The fourth-order valence-electron chi connectivity index (χ4n) is 3.94. The van der Waals surface area contributed by atoms with Gasteiger partial charge in [0.05, 0.1) is 12.3 Å². The number of benzene rings is 2. The zero-order chi connectivity index (χ0) is 23.2. The van der Waals surface area contributed by atoms with Crippen molar-refractivity contribution in [3.05, 3.63) is 95.3 Å². The van der Waals surface area contributed by atoms with Crippen LogP contribution in [0.2, 0.25) is 0 Å². The molecule has 0 amide bonds. The van der Waals surface area contributed by atoms with E-state index in [1.165, 1.54) is 5.56 Å². The van der Waals surface area contributed by atoms with Gasteiger partial charge in [-0.3, -0.25) is 14.9 Å². The van der Waals surface area contributed by atoms with E-state index in [0.29, 0.717) is 18.2 Å². The third-order valence-electron chi connectivity index (χ3n) is 5.95. The molecule has 33 heavy (non-hydrogen) atoms. The number of ether oxygens (including phenoxy) is 1. The second-order valence-electron chi connectivity index (χ2n) is 8.80. The second kappa shape index (κ2) is 10.5. The van der Waals surface area contributed by atoms with Crippen molar-refractivity contribution in [2.24, 2.45) is 10.7 Å². The Morgan fingerprint density at radius 1 is 0.970 bits per heavy atom. The van der Waals surface area contributed by atoms with Gasteiger partial charge in [-0.2, -0.15) is 0 Å². The lowest BCUT2D eigenvalue weighted by atomic mass is 9.95. The Morgan fingerprint density at radius 3 is 2.30 bits per heavy atom. The van der Waals surface area contributed by atoms with Crippen LogP contribution in [0, 0.1) is 0 Å². The van der Waals surface area contributed by atoms with Crippen molar-refractivity contribution < 1.29 is 4.74 Å². The fraction of sp³-hybridized carbons (Fsp3) is 0.286. The Balaban J connectivity index is 1.56. The number of aliphatic imine (C=N–C) groups is 1. The SMILES string of the molecule is CC(C)c1ccc(COc2ccc(C(C3=NCCN(C)C3)=C(N)c3ccncc3)cc2)cc1. The van der Waals surface area contributed by atoms with Gasteiger partial charge in [0, 0.05) is 42.3 Å². The van der Waals surface area contributed by atoms with Crippen LogP contribution in [-0.4, -0.2) is 42.3 Å². The predicted octanol–water partition coefficient (Wildman–Crippen LogP) is 5.00. The minimum Gasteiger partial charge on any atom is -0.489 e. The highest BCUT2D eigenvalue weighted by molar-refractivity contribution is 6.31. The van der Waals surface area contributed by atoms with Gasteiger partial charge in [-0.25, -0.2) is 0 Å². The summed E-state index contributed by atoms with van der Waals surface area (Å²) in [4.78, 5) is 11.2. The first-order chi connectivity index (χ1) is 16.0. The second-order valence-corrected chi connectivity index (χ2v) is 8.80. The molecule has 2 aromatic carbocycles. The standard InChI is InChI=1S/C28H32N4O/c1-20(2)22-6-4-21(5-7-22)19-33-25-10-8-23(9-11-25)27(26-18-32(3)17-16-31-26)28(29)24-12-14-30-15-13-24/h4-15,20H,16-19,29H2,1-3H3. The Labute approximate surface area is 196 Å². The molecule has 5 nitrogen and oxygen atoms in total. The van der Waals surface area contributed by atoms with Crippen LogP contribution in [0.5, 0.6) is 5.75 Å². The van der Waals surface area contributed by atoms with Crippen LogP contribution in [0.25, 0.3) is 11.3 Å². The monoisotopic (exact) mass is 440 g/mol. The molecule has 0 saturated carbocycles. The van der Waals surface area contributed by atoms with Crippen molar-refractivity contribution in [1.29, 1.82) is 0 Å². The summed E-state index contributed by atoms with van der Waals surface area (Å²) in [5, 5.41) is 0. The number of hydrogen-bond acceptors (Lipinski definition) is 5. The molecule has 3 aromatic rings. The third-order valence-corrected chi connectivity index (χ3v) is 5.95. The maximum atomic E-state index is 6.67. The summed E-state index contributed by atoms with van der Waals surface area (Å²) < 4.78 is 6.04. The van der Waals surface area contributed by atoms with Gasteiger partial charge in [-0.15, -0.1) is 0 Å². The van der Waals surface area contributed by atoms with Crippen molar-refractivity contribution in [3.8, 4) is 5.75 Å². The lowest BCUT2D eigenvalue weighted by molar-refractivity contribution is 0.306. The number of rotatable bonds is 7. The molecule has 1 aliphatic rings. The summed E-state index contributed by atoms with van der Waals surface area (Å²) in [6.07, 6.45) is 3.53. The van der Waals surface area contributed by atoms with Crippen LogP contribution in [0.4, 0.5) is 0 Å². The van der Waals surface area contributed by atoms with E-state index in [4.69, 9.17) is 15.5 Å². The first kappa shape index (κ1) is 22.7. The lowest BCUT2D eigenvalue weighted by Crippen LogP contribution is -2.34. The quantitative estimate of drug-likeness (QED) is 0.562. The third kappa shape index (κ3) is 5.68. The van der Waals surface area contributed by atoms with Gasteiger partial charge < -0.3 is 10.5 Å². The van der Waals surface area contributed by atoms with Crippen molar-refractivity contribution in [3.63, 3.8) is 0 Å². The predicted molar refractivity (Wildman–Crippen MR) is 136 cm³/mol. The number of pyridine rings is 1. The van der Waals surface area contributed by atoms with Gasteiger partial charge in [0.25, 0.3) is 0 Å². The topological polar surface area (TPSA) is 63.7 Å². The molecule has 1 aromatic heterocycles. The summed E-state index contributed by atoms with van der Waals surface area (Å²) in [7, 11) is 2.11. The number of aromatic nitrogens is 1. The maximum Gasteiger partial charge on any atom is 0.119 e. The van der Waals surface area contributed by atoms with Crippen LogP contribution in [0.3, 0.4) is 0 Å². The highest BCUT2D eigenvalue weighted by atomic mass is 16.5. The van der Waals surface area contributed by atoms with E-state index >= 15 is 0 Å². The molecule has 5 heteroatoms. The van der Waals surface area contributed by atoms with Crippen LogP contribution < -0.4 is 10.5 Å². The number of hydrogen-bond donors (Lipinski definition) is 1. The van der Waals surface area contributed by atoms with Crippen LogP contribution in [-0.2, 0) is 6.61 Å². The highest BCUT2D eigenvalue weighted by Crippen LogP contribution is 2.27. The average Bonchev–Trinajstić information content (AvgIpc) is 2.84. The van der Waals surface area contributed by atoms with Crippen LogP contribution >= 0.6 is 0 Å². The van der Waals surface area contributed by atoms with Gasteiger partial charge in [-0.05, 0) is 53.9 Å². The smallest absolute Gasteiger partial charge is 0.119 e. The maximum absolute atomic E-state index is 6.67. The van der Waals surface area contributed by atoms with Crippen molar-refractivity contribution in [2.45, 2.75) is 26.4 Å². The molecule has 2 N–H and O–H groups in total. The fourth-order valence-corrected chi connectivity index (χ4v) is 3.94. The van der Waals surface area contributed by atoms with Crippen molar-refractivity contribution >= 4 is 17.0 Å². The zero-order valence-corrected chi connectivity index (χ0v) is 19.7. The summed E-state index contributed by atoms with van der Waals surface area (Å²) in [6, 6.07) is 20.6. The van der Waals surface area contributed by atoms with Gasteiger partial charge >= 0.3 is 0 Å². The van der Waals surface area contributed by atoms with E-state index in [1.807, 2.05) is 24.3 Å². The summed E-state index contributed by atoms with van der Waals surface area (Å²) >= 11 is 0. The van der Waals surface area contributed by atoms with E-state index < -0.39 is 0 Å². The molecule has 0 spiro atoms. The molecular formula is C28H32N4O. The minimum atomic E-state index is 0.530. The number of likely N-dealkylation sites (N-methyl/N-ethyl adjacent to an activating group) is 1. The van der Waals surface area contributed by atoms with Crippen LogP contribution in [0.1, 0.15) is 42.0 Å². The van der Waals surface area contributed by atoms with E-state index in [0.717, 1.165) is 53.4 Å². The molecule has 0 bridgehead atoms. The van der Waals surface area contributed by atoms with Crippen molar-refractivity contribution in [1.82, 2.24) is 9.88 Å². The first-order valence-corrected chi connectivity index (χ1v) is 11.5. The van der Waals surface area contributed by atoms with Crippen LogP contribution in [0.15, 0.2) is 78.0 Å². The van der Waals surface area contributed by atoms with Gasteiger partial charge in [0.2, 0.25) is 0 Å². The van der Waals surface area contributed by atoms with Crippen molar-refractivity contribution in [2.75, 3.05) is 26.7 Å². The molecule has 0 atom stereocenters. The Morgan fingerprint density at radius 2 is 1.67 bits per heavy atom. The Hall–Kier alpha value is -3.44. The summed E-state index contributed by atoms with van der Waals surface area (Å²) in [6.45, 7) is 7.44. The largest absolute Gasteiger partial charge is 0.489 e. The van der Waals surface area contributed by atoms with Gasteiger partial charge in [0.1, 0.15) is 12.4 Å². The molecule has 0 fully saturated rings. The molecule has 0 radical (unpaired) electrons. The average molecular weight is 441 g/mol. The van der Waals surface area contributed by atoms with E-state index in [9.17, 15) is 0 Å². The zero-order valence-electron chi connectivity index (χ0n) is 19.7. The summed E-state index contributed by atoms with van der Waals surface area (Å²) in [5.74, 6) is 1.36. The highest BCUT2D eigenvalue weighted by Gasteiger charge is 2.19. The minimum absolute atomic E-state index is 0.530. The Bertz CT molecular complexity index is 1120. The molecule has 4 rings (SSSR count). The molecule has 0 saturated heterocycles. The normalized spacial score (nSPS) is 15.2. The molecule has 170 valence electrons. The molecular weight excluding hydrogens is 408 g/mol. The van der Waals surface area contributed by atoms with E-state index in [1.54, 1.807) is 12.4 Å². The molecule has 2 heterocycles. The van der Waals surface area contributed by atoms with E-state index in [-0.39, 0.29) is 0 Å². The lowest BCUT2D eigenvalue weighted by Gasteiger charge is -2.25. The first-order valence-electron chi connectivity index (χ1n) is 11.5. The molecule has 0 unspecified atom stereocenters. The van der Waals surface area contributed by atoms with E-state index in [2.05, 4.69) is 67.2 Å². The number of nitrogens with zero attached hydrogens (tertiary/aromatic N) is 3.